The highest BCUT2D eigenvalue weighted by atomic mass is 16.5. The number of rotatable bonds is 11. The summed E-state index contributed by atoms with van der Waals surface area (Å²) in [7, 11) is 0. The topological polar surface area (TPSA) is 41.5 Å². The highest BCUT2D eigenvalue weighted by Gasteiger charge is 2.03. The average Bonchev–Trinajstić information content (AvgIpc) is 2.49. The molecule has 0 saturated heterocycles. The molecule has 114 valence electrons. The Labute approximate surface area is 123 Å². The van der Waals surface area contributed by atoms with E-state index < -0.39 is 0 Å². The standard InChI is InChI=1S/C17H29NO2/c1-3-12-18-15(2)16-8-10-17(11-9-16)20-14-7-5-4-6-13-19/h8-11,15,18-19H,3-7,12-14H2,1-2H3. The monoisotopic (exact) mass is 279 g/mol. The summed E-state index contributed by atoms with van der Waals surface area (Å²) in [5.41, 5.74) is 1.30. The molecular weight excluding hydrogens is 250 g/mol. The number of nitrogens with one attached hydrogen (secondary N) is 1. The van der Waals surface area contributed by atoms with Gasteiger partial charge in [0.2, 0.25) is 0 Å². The predicted octanol–water partition coefficient (Wildman–Crippen LogP) is 3.68. The molecule has 0 aromatic heterocycles. The van der Waals surface area contributed by atoms with Crippen molar-refractivity contribution < 1.29 is 9.84 Å². The molecule has 20 heavy (non-hydrogen) atoms. The molecule has 1 unspecified atom stereocenters. The zero-order chi connectivity index (χ0) is 14.6. The molecule has 0 aliphatic heterocycles. The quantitative estimate of drug-likeness (QED) is 0.607. The Morgan fingerprint density at radius 1 is 1.10 bits per heavy atom. The third-order valence-corrected chi connectivity index (χ3v) is 3.40. The number of benzene rings is 1. The van der Waals surface area contributed by atoms with Crippen LogP contribution in [0.2, 0.25) is 0 Å². The van der Waals surface area contributed by atoms with Gasteiger partial charge in [-0.15, -0.1) is 0 Å². The maximum absolute atomic E-state index is 8.69. The summed E-state index contributed by atoms with van der Waals surface area (Å²) in [6.45, 7) is 6.47. The molecule has 0 heterocycles. The minimum atomic E-state index is 0.298. The van der Waals surface area contributed by atoms with Crippen LogP contribution in [0.4, 0.5) is 0 Å². The molecule has 1 atom stereocenters. The molecule has 0 aliphatic carbocycles. The van der Waals surface area contributed by atoms with Crippen molar-refractivity contribution in [3.63, 3.8) is 0 Å². The SMILES string of the molecule is CCCNC(C)c1ccc(OCCCCCCO)cc1. The summed E-state index contributed by atoms with van der Waals surface area (Å²) < 4.78 is 5.72. The molecule has 1 rings (SSSR count). The van der Waals surface area contributed by atoms with E-state index >= 15 is 0 Å². The van der Waals surface area contributed by atoms with Gasteiger partial charge in [-0.05, 0) is 56.8 Å². The maximum atomic E-state index is 8.69. The highest BCUT2D eigenvalue weighted by molar-refractivity contribution is 5.28. The van der Waals surface area contributed by atoms with Gasteiger partial charge in [0.05, 0.1) is 6.61 Å². The van der Waals surface area contributed by atoms with Crippen LogP contribution in [0, 0.1) is 0 Å². The van der Waals surface area contributed by atoms with Gasteiger partial charge in [-0.1, -0.05) is 25.5 Å². The number of hydrogen-bond acceptors (Lipinski definition) is 3. The van der Waals surface area contributed by atoms with E-state index in [2.05, 4.69) is 31.3 Å². The van der Waals surface area contributed by atoms with E-state index in [1.54, 1.807) is 0 Å². The van der Waals surface area contributed by atoms with E-state index in [9.17, 15) is 0 Å². The first-order valence-electron chi connectivity index (χ1n) is 7.85. The van der Waals surface area contributed by atoms with Gasteiger partial charge in [0.25, 0.3) is 0 Å². The first-order chi connectivity index (χ1) is 9.77. The van der Waals surface area contributed by atoms with Crippen LogP contribution in [0.25, 0.3) is 0 Å². The van der Waals surface area contributed by atoms with E-state index in [0.29, 0.717) is 12.6 Å². The van der Waals surface area contributed by atoms with Crippen LogP contribution in [0.3, 0.4) is 0 Å². The minimum Gasteiger partial charge on any atom is -0.494 e. The van der Waals surface area contributed by atoms with Gasteiger partial charge in [0.15, 0.2) is 0 Å². The molecule has 3 heteroatoms. The van der Waals surface area contributed by atoms with E-state index in [0.717, 1.165) is 51.0 Å². The molecule has 0 amide bonds. The number of unbranched alkanes of at least 4 members (excludes halogenated alkanes) is 3. The van der Waals surface area contributed by atoms with Crippen molar-refractivity contribution in [2.24, 2.45) is 0 Å². The second-order valence-corrected chi connectivity index (χ2v) is 5.23. The molecule has 0 spiro atoms. The van der Waals surface area contributed by atoms with Crippen LogP contribution in [0.5, 0.6) is 5.75 Å². The summed E-state index contributed by atoms with van der Waals surface area (Å²) in [5, 5.41) is 12.2. The fraction of sp³-hybridized carbons (Fsp3) is 0.647. The Morgan fingerprint density at radius 3 is 2.45 bits per heavy atom. The molecule has 0 bridgehead atoms. The lowest BCUT2D eigenvalue weighted by molar-refractivity contribution is 0.273. The molecule has 0 aliphatic rings. The van der Waals surface area contributed by atoms with Crippen LogP contribution < -0.4 is 10.1 Å². The molecule has 0 saturated carbocycles. The fourth-order valence-corrected chi connectivity index (χ4v) is 2.09. The van der Waals surface area contributed by atoms with Gasteiger partial charge < -0.3 is 15.2 Å². The molecule has 1 aromatic rings. The molecule has 2 N–H and O–H groups in total. The Hall–Kier alpha value is -1.06. The summed E-state index contributed by atoms with van der Waals surface area (Å²) >= 11 is 0. The summed E-state index contributed by atoms with van der Waals surface area (Å²) in [6.07, 6.45) is 5.31. The molecule has 1 aromatic carbocycles. The van der Waals surface area contributed by atoms with Crippen molar-refractivity contribution in [1.29, 1.82) is 0 Å². The van der Waals surface area contributed by atoms with E-state index in [4.69, 9.17) is 9.84 Å². The summed E-state index contributed by atoms with van der Waals surface area (Å²) in [6, 6.07) is 8.76. The molecular formula is C17H29NO2. The number of hydrogen-bond donors (Lipinski definition) is 2. The zero-order valence-electron chi connectivity index (χ0n) is 12.9. The third-order valence-electron chi connectivity index (χ3n) is 3.40. The average molecular weight is 279 g/mol. The smallest absolute Gasteiger partial charge is 0.119 e. The van der Waals surface area contributed by atoms with Gasteiger partial charge in [-0.3, -0.25) is 0 Å². The normalized spacial score (nSPS) is 12.3. The zero-order valence-corrected chi connectivity index (χ0v) is 12.9. The van der Waals surface area contributed by atoms with Crippen LogP contribution in [-0.2, 0) is 0 Å². The van der Waals surface area contributed by atoms with Gasteiger partial charge in [-0.2, -0.15) is 0 Å². The summed E-state index contributed by atoms with van der Waals surface area (Å²) in [5.74, 6) is 0.943. The molecule has 0 radical (unpaired) electrons. The Morgan fingerprint density at radius 2 is 1.80 bits per heavy atom. The van der Waals surface area contributed by atoms with Gasteiger partial charge in [0, 0.05) is 12.6 Å². The Kier molecular flexibility index (Phi) is 9.09. The number of aliphatic hydroxyl groups is 1. The lowest BCUT2D eigenvalue weighted by Crippen LogP contribution is -2.19. The third kappa shape index (κ3) is 6.92. The van der Waals surface area contributed by atoms with Crippen molar-refractivity contribution in [2.45, 2.75) is 52.0 Å². The van der Waals surface area contributed by atoms with Crippen molar-refractivity contribution >= 4 is 0 Å². The molecule has 0 fully saturated rings. The van der Waals surface area contributed by atoms with Crippen LogP contribution in [0.1, 0.15) is 57.6 Å². The van der Waals surface area contributed by atoms with Crippen LogP contribution in [-0.4, -0.2) is 24.9 Å². The van der Waals surface area contributed by atoms with Gasteiger partial charge in [0.1, 0.15) is 5.75 Å². The van der Waals surface area contributed by atoms with E-state index in [1.807, 2.05) is 12.1 Å². The maximum Gasteiger partial charge on any atom is 0.119 e. The fourth-order valence-electron chi connectivity index (χ4n) is 2.09. The lowest BCUT2D eigenvalue weighted by atomic mass is 10.1. The predicted molar refractivity (Wildman–Crippen MR) is 84.2 cm³/mol. The number of aliphatic hydroxyl groups excluding tert-OH is 1. The largest absolute Gasteiger partial charge is 0.494 e. The van der Waals surface area contributed by atoms with Crippen molar-refractivity contribution in [2.75, 3.05) is 19.8 Å². The second-order valence-electron chi connectivity index (χ2n) is 5.23. The Bertz CT molecular complexity index is 337. The van der Waals surface area contributed by atoms with Crippen molar-refractivity contribution in [1.82, 2.24) is 5.32 Å². The van der Waals surface area contributed by atoms with E-state index in [1.165, 1.54) is 5.56 Å². The molecule has 3 nitrogen and oxygen atoms in total. The highest BCUT2D eigenvalue weighted by Crippen LogP contribution is 2.18. The minimum absolute atomic E-state index is 0.298. The van der Waals surface area contributed by atoms with Gasteiger partial charge in [-0.25, -0.2) is 0 Å². The Balaban J connectivity index is 2.24. The van der Waals surface area contributed by atoms with Crippen LogP contribution >= 0.6 is 0 Å². The van der Waals surface area contributed by atoms with Crippen LogP contribution in [0.15, 0.2) is 24.3 Å². The first-order valence-corrected chi connectivity index (χ1v) is 7.85. The van der Waals surface area contributed by atoms with Crippen molar-refractivity contribution in [3.8, 4) is 5.75 Å². The van der Waals surface area contributed by atoms with Crippen molar-refractivity contribution in [3.05, 3.63) is 29.8 Å². The van der Waals surface area contributed by atoms with E-state index in [-0.39, 0.29) is 0 Å². The van der Waals surface area contributed by atoms with Gasteiger partial charge >= 0.3 is 0 Å². The lowest BCUT2D eigenvalue weighted by Gasteiger charge is -2.14. The summed E-state index contributed by atoms with van der Waals surface area (Å²) in [4.78, 5) is 0. The number of ether oxygens (including phenoxy) is 1. The first kappa shape index (κ1) is 17.0. The second kappa shape index (κ2) is 10.7.